The van der Waals surface area contributed by atoms with E-state index < -0.39 is 0 Å². The monoisotopic (exact) mass is 163 g/mol. The first-order chi connectivity index (χ1) is 4.47. The molecule has 10 heavy (non-hydrogen) atoms. The smallest absolute Gasteiger partial charge is 0.0729 e. The van der Waals surface area contributed by atoms with E-state index in [2.05, 4.69) is 5.32 Å². The molecule has 0 aromatic rings. The minimum absolute atomic E-state index is 0. The summed E-state index contributed by atoms with van der Waals surface area (Å²) in [5.74, 6) is 0. The minimum Gasteiger partial charge on any atom is -0.377 e. The fraction of sp³-hybridized carbons (Fsp3) is 1.00. The molecular formula is C7H14ClNO. The van der Waals surface area contributed by atoms with Crippen molar-refractivity contribution < 1.29 is 4.74 Å². The lowest BCUT2D eigenvalue weighted by molar-refractivity contribution is 0.0789. The summed E-state index contributed by atoms with van der Waals surface area (Å²) in [7, 11) is 0. The molecule has 0 aromatic carbocycles. The number of piperidine rings is 1. The summed E-state index contributed by atoms with van der Waals surface area (Å²) in [5.41, 5.74) is 0. The van der Waals surface area contributed by atoms with E-state index in [9.17, 15) is 0 Å². The zero-order valence-electron chi connectivity index (χ0n) is 6.01. The van der Waals surface area contributed by atoms with Crippen LogP contribution in [-0.2, 0) is 4.74 Å². The topological polar surface area (TPSA) is 21.3 Å². The van der Waals surface area contributed by atoms with Crippen molar-refractivity contribution in [3.8, 4) is 0 Å². The van der Waals surface area contributed by atoms with Gasteiger partial charge >= 0.3 is 0 Å². The van der Waals surface area contributed by atoms with Gasteiger partial charge in [-0.25, -0.2) is 0 Å². The fourth-order valence-corrected chi connectivity index (χ4v) is 1.76. The molecule has 2 rings (SSSR count). The maximum Gasteiger partial charge on any atom is 0.0729 e. The highest BCUT2D eigenvalue weighted by Crippen LogP contribution is 2.20. The Labute approximate surface area is 67.7 Å². The molecule has 2 fully saturated rings. The largest absolute Gasteiger partial charge is 0.377 e. The summed E-state index contributed by atoms with van der Waals surface area (Å²) < 4.78 is 5.49. The molecule has 2 saturated heterocycles. The van der Waals surface area contributed by atoms with Gasteiger partial charge in [-0.3, -0.25) is 0 Å². The number of rotatable bonds is 0. The van der Waals surface area contributed by atoms with Crippen LogP contribution in [-0.4, -0.2) is 25.3 Å². The summed E-state index contributed by atoms with van der Waals surface area (Å²) in [5, 5.41) is 3.46. The van der Waals surface area contributed by atoms with Crippen molar-refractivity contribution in [2.24, 2.45) is 0 Å². The van der Waals surface area contributed by atoms with Crippen molar-refractivity contribution in [3.63, 3.8) is 0 Å². The highest BCUT2D eigenvalue weighted by atomic mass is 35.5. The van der Waals surface area contributed by atoms with Crippen molar-refractivity contribution >= 4 is 12.4 Å². The minimum atomic E-state index is 0. The van der Waals surface area contributed by atoms with Crippen molar-refractivity contribution in [2.45, 2.75) is 31.4 Å². The van der Waals surface area contributed by atoms with Crippen LogP contribution in [0.2, 0.25) is 0 Å². The lowest BCUT2D eigenvalue weighted by Gasteiger charge is -2.24. The van der Waals surface area contributed by atoms with Crippen LogP contribution in [0.3, 0.4) is 0 Å². The predicted octanol–water partition coefficient (Wildman–Crippen LogP) is 0.949. The Morgan fingerprint density at radius 3 is 3.00 bits per heavy atom. The maximum absolute atomic E-state index is 5.49. The Morgan fingerprint density at radius 2 is 2.20 bits per heavy atom. The summed E-state index contributed by atoms with van der Waals surface area (Å²) in [6.45, 7) is 2.17. The molecule has 2 nitrogen and oxygen atoms in total. The van der Waals surface area contributed by atoms with Gasteiger partial charge in [-0.15, -0.1) is 12.4 Å². The molecule has 2 heterocycles. The molecule has 60 valence electrons. The Balaban J connectivity index is 0.000000500. The van der Waals surface area contributed by atoms with Crippen LogP contribution in [0.25, 0.3) is 0 Å². The molecule has 0 spiro atoms. The predicted molar refractivity (Wildman–Crippen MR) is 42.6 cm³/mol. The lowest BCUT2D eigenvalue weighted by Crippen LogP contribution is -2.41. The fourth-order valence-electron chi connectivity index (χ4n) is 1.76. The second-order valence-electron chi connectivity index (χ2n) is 2.90. The third-order valence-corrected chi connectivity index (χ3v) is 2.28. The van der Waals surface area contributed by atoms with Crippen LogP contribution in [0.4, 0.5) is 0 Å². The number of ether oxygens (including phenoxy) is 1. The normalized spacial score (nSPS) is 38.4. The number of hydrogen-bond acceptors (Lipinski definition) is 2. The van der Waals surface area contributed by atoms with Crippen molar-refractivity contribution in [1.29, 1.82) is 0 Å². The van der Waals surface area contributed by atoms with Gasteiger partial charge in [0.25, 0.3) is 0 Å². The van der Waals surface area contributed by atoms with Crippen LogP contribution in [0.15, 0.2) is 0 Å². The number of hydrogen-bond donors (Lipinski definition) is 1. The van der Waals surface area contributed by atoms with Gasteiger partial charge in [0.2, 0.25) is 0 Å². The molecule has 0 aliphatic carbocycles. The summed E-state index contributed by atoms with van der Waals surface area (Å²) in [6.07, 6.45) is 4.35. The third-order valence-electron chi connectivity index (χ3n) is 2.28. The molecule has 2 aliphatic rings. The molecular weight excluding hydrogens is 150 g/mol. The molecule has 0 bridgehead atoms. The van der Waals surface area contributed by atoms with E-state index in [0.29, 0.717) is 12.1 Å². The van der Waals surface area contributed by atoms with E-state index in [4.69, 9.17) is 4.74 Å². The zero-order chi connectivity index (χ0) is 6.10. The average molecular weight is 164 g/mol. The second-order valence-corrected chi connectivity index (χ2v) is 2.90. The van der Waals surface area contributed by atoms with E-state index in [1.807, 2.05) is 0 Å². The quantitative estimate of drug-likeness (QED) is 0.574. The molecule has 2 aliphatic heterocycles. The Morgan fingerprint density at radius 1 is 1.30 bits per heavy atom. The van der Waals surface area contributed by atoms with Crippen LogP contribution in [0, 0.1) is 0 Å². The molecule has 0 amide bonds. The van der Waals surface area contributed by atoms with E-state index >= 15 is 0 Å². The van der Waals surface area contributed by atoms with Crippen molar-refractivity contribution in [1.82, 2.24) is 5.32 Å². The van der Waals surface area contributed by atoms with Gasteiger partial charge in [0, 0.05) is 12.6 Å². The van der Waals surface area contributed by atoms with E-state index in [-0.39, 0.29) is 12.4 Å². The summed E-state index contributed by atoms with van der Waals surface area (Å²) in [6, 6.07) is 0.693. The standard InChI is InChI=1S/C7H13NO.ClH/c1-2-7-6(8-4-1)3-5-9-7;/h6-8H,1-5H2;1H/t6-,7-;/m1./s1. The van der Waals surface area contributed by atoms with Crippen LogP contribution >= 0.6 is 12.4 Å². The average Bonchev–Trinajstić information content (AvgIpc) is 2.33. The molecule has 0 aromatic heterocycles. The molecule has 3 heteroatoms. The first-order valence-electron chi connectivity index (χ1n) is 3.82. The van der Waals surface area contributed by atoms with Gasteiger partial charge < -0.3 is 10.1 Å². The molecule has 2 atom stereocenters. The molecule has 1 N–H and O–H groups in total. The van der Waals surface area contributed by atoms with Gasteiger partial charge in [0.05, 0.1) is 6.10 Å². The first kappa shape index (κ1) is 8.31. The first-order valence-corrected chi connectivity index (χ1v) is 3.82. The van der Waals surface area contributed by atoms with E-state index in [1.165, 1.54) is 25.8 Å². The van der Waals surface area contributed by atoms with E-state index in [1.54, 1.807) is 0 Å². The molecule has 0 unspecified atom stereocenters. The van der Waals surface area contributed by atoms with Crippen molar-refractivity contribution in [3.05, 3.63) is 0 Å². The van der Waals surface area contributed by atoms with E-state index in [0.717, 1.165) is 6.61 Å². The van der Waals surface area contributed by atoms with Gasteiger partial charge in [-0.05, 0) is 25.8 Å². The highest BCUT2D eigenvalue weighted by Gasteiger charge is 2.29. The zero-order valence-corrected chi connectivity index (χ0v) is 6.82. The number of fused-ring (bicyclic) bond motifs is 1. The van der Waals surface area contributed by atoms with Crippen LogP contribution < -0.4 is 5.32 Å². The van der Waals surface area contributed by atoms with Crippen LogP contribution in [0.1, 0.15) is 19.3 Å². The Hall–Kier alpha value is 0.210. The Bertz CT molecular complexity index is 97.8. The SMILES string of the molecule is C1CN[C@@H]2CCO[C@@H]2C1.Cl. The van der Waals surface area contributed by atoms with Gasteiger partial charge in [0.1, 0.15) is 0 Å². The van der Waals surface area contributed by atoms with Gasteiger partial charge in [0.15, 0.2) is 0 Å². The maximum atomic E-state index is 5.49. The number of nitrogens with one attached hydrogen (secondary N) is 1. The summed E-state index contributed by atoms with van der Waals surface area (Å²) >= 11 is 0. The summed E-state index contributed by atoms with van der Waals surface area (Å²) in [4.78, 5) is 0. The highest BCUT2D eigenvalue weighted by molar-refractivity contribution is 5.85. The van der Waals surface area contributed by atoms with Crippen LogP contribution in [0.5, 0.6) is 0 Å². The van der Waals surface area contributed by atoms with Crippen molar-refractivity contribution in [2.75, 3.05) is 13.2 Å². The Kier molecular flexibility index (Phi) is 2.96. The number of halogens is 1. The van der Waals surface area contributed by atoms with Gasteiger partial charge in [-0.1, -0.05) is 0 Å². The molecule has 0 radical (unpaired) electrons. The van der Waals surface area contributed by atoms with Gasteiger partial charge in [-0.2, -0.15) is 0 Å². The molecule has 0 saturated carbocycles. The second kappa shape index (κ2) is 3.56. The lowest BCUT2D eigenvalue weighted by atomic mass is 10.0. The third kappa shape index (κ3) is 1.44.